The number of nitrogens with one attached hydrogen (secondary N) is 1. The number of nitrogens with zero attached hydrogens (tertiary/aromatic N) is 1. The lowest BCUT2D eigenvalue weighted by Gasteiger charge is -2.21. The van der Waals surface area contributed by atoms with E-state index in [1.54, 1.807) is 4.90 Å². The van der Waals surface area contributed by atoms with E-state index in [2.05, 4.69) is 5.32 Å². The van der Waals surface area contributed by atoms with Gasteiger partial charge in [-0.1, -0.05) is 0 Å². The molecule has 0 bridgehead atoms. The van der Waals surface area contributed by atoms with Gasteiger partial charge in [-0.15, -0.1) is 0 Å². The molecule has 0 aromatic rings. The van der Waals surface area contributed by atoms with Crippen molar-refractivity contribution in [1.82, 2.24) is 10.2 Å². The molecule has 1 aliphatic rings. The van der Waals surface area contributed by atoms with Gasteiger partial charge in [0, 0.05) is 19.0 Å². The fourth-order valence-corrected chi connectivity index (χ4v) is 2.10. The van der Waals surface area contributed by atoms with E-state index in [-0.39, 0.29) is 24.9 Å². The van der Waals surface area contributed by atoms with Gasteiger partial charge in [0.15, 0.2) is 0 Å². The minimum absolute atomic E-state index is 0.0128. The van der Waals surface area contributed by atoms with Crippen molar-refractivity contribution < 1.29 is 24.3 Å². The van der Waals surface area contributed by atoms with Gasteiger partial charge < -0.3 is 21.1 Å². The smallest absolute Gasteiger partial charge is 0.326 e. The second kappa shape index (κ2) is 6.36. The minimum atomic E-state index is -1.36. The SMILES string of the molecule is CC(C)N1CC(C(=O)N[C@@H](CC(N)=O)C(=O)O)CC1=O. The van der Waals surface area contributed by atoms with Crippen LogP contribution in [0.2, 0.25) is 0 Å². The number of carboxylic acids is 1. The third-order valence-corrected chi connectivity index (χ3v) is 3.17. The van der Waals surface area contributed by atoms with Crippen LogP contribution < -0.4 is 11.1 Å². The molecule has 20 heavy (non-hydrogen) atoms. The molecular weight excluding hydrogens is 266 g/mol. The average molecular weight is 285 g/mol. The van der Waals surface area contributed by atoms with E-state index >= 15 is 0 Å². The number of hydrogen-bond donors (Lipinski definition) is 3. The summed E-state index contributed by atoms with van der Waals surface area (Å²) >= 11 is 0. The van der Waals surface area contributed by atoms with Gasteiger partial charge >= 0.3 is 5.97 Å². The van der Waals surface area contributed by atoms with Gasteiger partial charge in [-0.05, 0) is 13.8 Å². The van der Waals surface area contributed by atoms with Crippen LogP contribution in [0.15, 0.2) is 0 Å². The van der Waals surface area contributed by atoms with Crippen molar-refractivity contribution in [2.24, 2.45) is 11.7 Å². The molecule has 1 saturated heterocycles. The molecule has 3 amide bonds. The van der Waals surface area contributed by atoms with Crippen molar-refractivity contribution in [2.45, 2.75) is 38.8 Å². The maximum absolute atomic E-state index is 11.9. The maximum atomic E-state index is 11.9. The zero-order valence-corrected chi connectivity index (χ0v) is 11.5. The first-order valence-electron chi connectivity index (χ1n) is 6.33. The maximum Gasteiger partial charge on any atom is 0.326 e. The van der Waals surface area contributed by atoms with E-state index in [0.717, 1.165) is 0 Å². The molecule has 8 heteroatoms. The molecule has 0 aliphatic carbocycles. The summed E-state index contributed by atoms with van der Waals surface area (Å²) in [6.07, 6.45) is -0.428. The quantitative estimate of drug-likeness (QED) is 0.557. The van der Waals surface area contributed by atoms with Gasteiger partial charge in [-0.3, -0.25) is 14.4 Å². The lowest BCUT2D eigenvalue weighted by molar-refractivity contribution is -0.143. The predicted octanol–water partition coefficient (Wildman–Crippen LogP) is -1.31. The second-order valence-electron chi connectivity index (χ2n) is 5.11. The van der Waals surface area contributed by atoms with Crippen LogP contribution in [0.3, 0.4) is 0 Å². The summed E-state index contributed by atoms with van der Waals surface area (Å²) in [6.45, 7) is 3.93. The lowest BCUT2D eigenvalue weighted by Crippen LogP contribution is -2.46. The molecule has 2 atom stereocenters. The Balaban J connectivity index is 2.64. The Morgan fingerprint density at radius 3 is 2.45 bits per heavy atom. The lowest BCUT2D eigenvalue weighted by atomic mass is 10.1. The van der Waals surface area contributed by atoms with Crippen LogP contribution in [-0.4, -0.2) is 52.3 Å². The standard InChI is InChI=1S/C12H19N3O5/c1-6(2)15-5-7(3-10(15)17)11(18)14-8(12(19)20)4-9(13)16/h6-8H,3-5H2,1-2H3,(H2,13,16)(H,14,18)(H,19,20)/t7?,8-/m0/s1. The Morgan fingerprint density at radius 2 is 2.05 bits per heavy atom. The predicted molar refractivity (Wildman–Crippen MR) is 68.3 cm³/mol. The number of likely N-dealkylation sites (tertiary alicyclic amines) is 1. The highest BCUT2D eigenvalue weighted by atomic mass is 16.4. The number of carboxylic acid groups (broad SMARTS) is 1. The highest BCUT2D eigenvalue weighted by Gasteiger charge is 2.36. The third-order valence-electron chi connectivity index (χ3n) is 3.17. The zero-order chi connectivity index (χ0) is 15.4. The number of amides is 3. The number of carbonyl (C=O) groups is 4. The molecule has 1 unspecified atom stereocenters. The Labute approximate surface area is 116 Å². The number of hydrogen-bond acceptors (Lipinski definition) is 4. The van der Waals surface area contributed by atoms with Crippen molar-refractivity contribution in [3.05, 3.63) is 0 Å². The molecular formula is C12H19N3O5. The minimum Gasteiger partial charge on any atom is -0.480 e. The van der Waals surface area contributed by atoms with Crippen LogP contribution in [0.25, 0.3) is 0 Å². The summed E-state index contributed by atoms with van der Waals surface area (Å²) in [5, 5.41) is 11.2. The number of rotatable bonds is 6. The van der Waals surface area contributed by atoms with E-state index < -0.39 is 36.2 Å². The van der Waals surface area contributed by atoms with Gasteiger partial charge in [0.2, 0.25) is 17.7 Å². The molecule has 0 saturated carbocycles. The number of aliphatic carboxylic acids is 1. The average Bonchev–Trinajstić information content (AvgIpc) is 2.69. The fraction of sp³-hybridized carbons (Fsp3) is 0.667. The molecule has 1 aliphatic heterocycles. The molecule has 0 aromatic carbocycles. The van der Waals surface area contributed by atoms with Crippen LogP contribution >= 0.6 is 0 Å². The van der Waals surface area contributed by atoms with Crippen LogP contribution in [0.5, 0.6) is 0 Å². The highest BCUT2D eigenvalue weighted by Crippen LogP contribution is 2.20. The highest BCUT2D eigenvalue weighted by molar-refractivity contribution is 5.92. The van der Waals surface area contributed by atoms with Crippen molar-refractivity contribution in [3.63, 3.8) is 0 Å². The topological polar surface area (TPSA) is 130 Å². The number of primary amides is 1. The second-order valence-corrected chi connectivity index (χ2v) is 5.11. The van der Waals surface area contributed by atoms with Crippen LogP contribution in [0, 0.1) is 5.92 Å². The Bertz CT molecular complexity index is 435. The molecule has 0 aromatic heterocycles. The summed E-state index contributed by atoms with van der Waals surface area (Å²) in [6, 6.07) is -1.37. The zero-order valence-electron chi connectivity index (χ0n) is 11.5. The van der Waals surface area contributed by atoms with Gasteiger partial charge in [-0.2, -0.15) is 0 Å². The summed E-state index contributed by atoms with van der Waals surface area (Å²) in [4.78, 5) is 46.9. The molecule has 112 valence electrons. The van der Waals surface area contributed by atoms with Gasteiger partial charge in [-0.25, -0.2) is 4.79 Å². The molecule has 1 heterocycles. The molecule has 4 N–H and O–H groups in total. The number of nitrogens with two attached hydrogens (primary N) is 1. The summed E-state index contributed by atoms with van der Waals surface area (Å²) in [7, 11) is 0. The molecule has 1 fully saturated rings. The normalized spacial score (nSPS) is 20.1. The fourth-order valence-electron chi connectivity index (χ4n) is 2.10. The largest absolute Gasteiger partial charge is 0.480 e. The van der Waals surface area contributed by atoms with E-state index in [1.807, 2.05) is 13.8 Å². The van der Waals surface area contributed by atoms with E-state index in [0.29, 0.717) is 0 Å². The van der Waals surface area contributed by atoms with Crippen molar-refractivity contribution in [2.75, 3.05) is 6.54 Å². The van der Waals surface area contributed by atoms with E-state index in [1.165, 1.54) is 0 Å². The van der Waals surface area contributed by atoms with E-state index in [4.69, 9.17) is 10.8 Å². The Morgan fingerprint density at radius 1 is 1.45 bits per heavy atom. The van der Waals surface area contributed by atoms with Crippen molar-refractivity contribution in [1.29, 1.82) is 0 Å². The van der Waals surface area contributed by atoms with Crippen LogP contribution in [0.4, 0.5) is 0 Å². The Kier molecular flexibility index (Phi) is 5.06. The summed E-state index contributed by atoms with van der Waals surface area (Å²) in [5.41, 5.74) is 4.93. The molecule has 0 radical (unpaired) electrons. The summed E-state index contributed by atoms with van der Waals surface area (Å²) < 4.78 is 0. The summed E-state index contributed by atoms with van der Waals surface area (Å²) in [5.74, 6) is -3.43. The first-order valence-corrected chi connectivity index (χ1v) is 6.33. The van der Waals surface area contributed by atoms with Gasteiger partial charge in [0.25, 0.3) is 0 Å². The van der Waals surface area contributed by atoms with Crippen LogP contribution in [0.1, 0.15) is 26.7 Å². The van der Waals surface area contributed by atoms with E-state index in [9.17, 15) is 19.2 Å². The molecule has 0 spiro atoms. The molecule has 1 rings (SSSR count). The number of carbonyl (C=O) groups excluding carboxylic acids is 3. The van der Waals surface area contributed by atoms with Gasteiger partial charge in [0.05, 0.1) is 12.3 Å². The third kappa shape index (κ3) is 3.94. The van der Waals surface area contributed by atoms with Gasteiger partial charge in [0.1, 0.15) is 6.04 Å². The van der Waals surface area contributed by atoms with Crippen molar-refractivity contribution >= 4 is 23.7 Å². The first-order chi connectivity index (χ1) is 9.22. The first kappa shape index (κ1) is 15.9. The van der Waals surface area contributed by atoms with Crippen LogP contribution in [-0.2, 0) is 19.2 Å². The Hall–Kier alpha value is -2.12. The monoisotopic (exact) mass is 285 g/mol. The molecule has 8 nitrogen and oxygen atoms in total. The van der Waals surface area contributed by atoms with Crippen molar-refractivity contribution in [3.8, 4) is 0 Å².